The third kappa shape index (κ3) is 6.20. The Hall–Kier alpha value is -3.76. The molecule has 0 saturated carbocycles. The van der Waals surface area contributed by atoms with Crippen molar-refractivity contribution in [2.45, 2.75) is 26.0 Å². The lowest BCUT2D eigenvalue weighted by molar-refractivity contribution is -0.141. The number of nitrogens with zero attached hydrogens (tertiary/aromatic N) is 2. The molecule has 200 valence electrons. The number of methoxy groups -OCH3 is 3. The molecule has 2 heterocycles. The number of rotatable bonds is 11. The smallest absolute Gasteiger partial charge is 0.338 e. The minimum Gasteiger partial charge on any atom is -0.497 e. The van der Waals surface area contributed by atoms with Gasteiger partial charge in [-0.05, 0) is 35.6 Å². The van der Waals surface area contributed by atoms with Crippen LogP contribution in [0.4, 0.5) is 0 Å². The lowest BCUT2D eigenvalue weighted by Crippen LogP contribution is -2.38. The highest BCUT2D eigenvalue weighted by Gasteiger charge is 2.41. The molecule has 0 aliphatic carbocycles. The number of nitrogens with one attached hydrogen (secondary N) is 1. The number of carbonyl (C=O) groups excluding carboxylic acids is 2. The van der Waals surface area contributed by atoms with Crippen LogP contribution < -0.4 is 14.8 Å². The minimum atomic E-state index is -0.609. The number of hydrogen-bond acceptors (Lipinski definition) is 9. The number of carbonyl (C=O) groups is 2. The number of esters is 1. The zero-order valence-corrected chi connectivity index (χ0v) is 22.7. The lowest BCUT2D eigenvalue weighted by atomic mass is 9.93. The maximum Gasteiger partial charge on any atom is 0.338 e. The highest BCUT2D eigenvalue weighted by molar-refractivity contribution is 8.16. The maximum atomic E-state index is 13.6. The molecule has 0 spiro atoms. The Bertz CT molecular complexity index is 1250. The number of hydrogen-bond donors (Lipinski definition) is 1. The van der Waals surface area contributed by atoms with Crippen molar-refractivity contribution in [2.24, 2.45) is 4.99 Å². The van der Waals surface area contributed by atoms with E-state index in [9.17, 15) is 9.59 Å². The first-order valence-corrected chi connectivity index (χ1v) is 13.0. The normalized spacial score (nSPS) is 16.4. The second-order valence-corrected chi connectivity index (χ2v) is 9.46. The first-order valence-electron chi connectivity index (χ1n) is 12.1. The fourth-order valence-corrected chi connectivity index (χ4v) is 5.22. The largest absolute Gasteiger partial charge is 0.497 e. The van der Waals surface area contributed by atoms with Gasteiger partial charge in [0.15, 0.2) is 5.17 Å². The van der Waals surface area contributed by atoms with Crippen LogP contribution >= 0.6 is 11.8 Å². The minimum absolute atomic E-state index is 0.110. The van der Waals surface area contributed by atoms with Crippen LogP contribution in [0.5, 0.6) is 11.5 Å². The van der Waals surface area contributed by atoms with Gasteiger partial charge in [-0.3, -0.25) is 4.79 Å². The fourth-order valence-electron chi connectivity index (χ4n) is 4.25. The molecule has 1 N–H and O–H groups in total. The van der Waals surface area contributed by atoms with E-state index in [0.717, 1.165) is 16.8 Å². The Balaban J connectivity index is 1.70. The van der Waals surface area contributed by atoms with Gasteiger partial charge >= 0.3 is 5.97 Å². The Labute approximate surface area is 226 Å². The molecular weight excluding hydrogens is 506 g/mol. The molecular formula is C28H31N3O6S. The highest BCUT2D eigenvalue weighted by Crippen LogP contribution is 2.46. The topological polar surface area (TPSA) is 98.7 Å². The van der Waals surface area contributed by atoms with Gasteiger partial charge in [0.1, 0.15) is 18.1 Å². The quantitative estimate of drug-likeness (QED) is 0.337. The Morgan fingerprint density at radius 2 is 1.76 bits per heavy atom. The van der Waals surface area contributed by atoms with Crippen LogP contribution in [0.3, 0.4) is 0 Å². The summed E-state index contributed by atoms with van der Waals surface area (Å²) in [6.45, 7) is 2.75. The summed E-state index contributed by atoms with van der Waals surface area (Å²) >= 11 is 1.41. The van der Waals surface area contributed by atoms with Crippen molar-refractivity contribution in [1.29, 1.82) is 0 Å². The molecule has 1 atom stereocenters. The third-order valence-electron chi connectivity index (χ3n) is 6.09. The Morgan fingerprint density at radius 1 is 1.05 bits per heavy atom. The van der Waals surface area contributed by atoms with Crippen molar-refractivity contribution in [3.63, 3.8) is 0 Å². The van der Waals surface area contributed by atoms with Gasteiger partial charge in [-0.1, -0.05) is 42.1 Å². The summed E-state index contributed by atoms with van der Waals surface area (Å²) in [5.41, 5.74) is 3.27. The van der Waals surface area contributed by atoms with E-state index in [1.807, 2.05) is 52.8 Å². The molecule has 2 aliphatic rings. The average Bonchev–Trinajstić information content (AvgIpc) is 3.32. The highest BCUT2D eigenvalue weighted by atomic mass is 32.2. The van der Waals surface area contributed by atoms with E-state index in [0.29, 0.717) is 41.1 Å². The zero-order valence-electron chi connectivity index (χ0n) is 21.9. The number of ether oxygens (including phenoxy) is 4. The van der Waals surface area contributed by atoms with E-state index >= 15 is 0 Å². The van der Waals surface area contributed by atoms with Crippen LogP contribution in [0.25, 0.3) is 0 Å². The number of amides is 1. The van der Waals surface area contributed by atoms with Gasteiger partial charge in [0.25, 0.3) is 0 Å². The number of thioether (sulfide) groups is 1. The van der Waals surface area contributed by atoms with Crippen LogP contribution in [0.2, 0.25) is 0 Å². The van der Waals surface area contributed by atoms with E-state index in [1.54, 1.807) is 34.3 Å². The Kier molecular flexibility index (Phi) is 9.09. The molecule has 38 heavy (non-hydrogen) atoms. The van der Waals surface area contributed by atoms with Gasteiger partial charge in [0.05, 0.1) is 44.6 Å². The molecule has 1 unspecified atom stereocenters. The van der Waals surface area contributed by atoms with E-state index < -0.39 is 12.0 Å². The van der Waals surface area contributed by atoms with Crippen molar-refractivity contribution in [2.75, 3.05) is 34.5 Å². The molecule has 0 aromatic heterocycles. The summed E-state index contributed by atoms with van der Waals surface area (Å²) in [4.78, 5) is 32.9. The van der Waals surface area contributed by atoms with Crippen molar-refractivity contribution in [3.8, 4) is 11.5 Å². The first-order chi connectivity index (χ1) is 18.4. The number of fused-ring (bicyclic) bond motifs is 1. The number of benzene rings is 2. The van der Waals surface area contributed by atoms with Crippen LogP contribution in [-0.4, -0.2) is 56.4 Å². The average molecular weight is 538 g/mol. The van der Waals surface area contributed by atoms with E-state index in [-0.39, 0.29) is 18.9 Å². The van der Waals surface area contributed by atoms with Gasteiger partial charge < -0.3 is 29.2 Å². The standard InChI is InChI=1S/C28H31N3O6S/c1-18-25(27(33)37-16-19-8-6-5-7-9-19)26(20-12-22(35-3)15-23(13-20)36-4)31-21(17-38-28(31)30-18)14-24(32)29-10-11-34-2/h5-9,12-13,15,17,26H,10-11,14,16H2,1-4H3,(H,29,32). The van der Waals surface area contributed by atoms with Gasteiger partial charge in [-0.25, -0.2) is 9.79 Å². The molecule has 4 rings (SSSR count). The summed E-state index contributed by atoms with van der Waals surface area (Å²) in [5, 5.41) is 5.42. The molecule has 0 fully saturated rings. The predicted octanol–water partition coefficient (Wildman–Crippen LogP) is 4.17. The van der Waals surface area contributed by atoms with E-state index in [2.05, 4.69) is 5.32 Å². The predicted molar refractivity (Wildman–Crippen MR) is 146 cm³/mol. The van der Waals surface area contributed by atoms with E-state index in [1.165, 1.54) is 11.8 Å². The molecule has 0 saturated heterocycles. The monoisotopic (exact) mass is 537 g/mol. The second-order valence-electron chi connectivity index (χ2n) is 8.62. The zero-order chi connectivity index (χ0) is 27.1. The summed E-state index contributed by atoms with van der Waals surface area (Å²) < 4.78 is 21.8. The number of aliphatic imine (C=N–C) groups is 1. The molecule has 10 heteroatoms. The van der Waals surface area contributed by atoms with Crippen LogP contribution in [0, 0.1) is 0 Å². The summed E-state index contributed by atoms with van der Waals surface area (Å²) in [6.07, 6.45) is 0.110. The number of allylic oxidation sites excluding steroid dienone is 1. The second kappa shape index (κ2) is 12.7. The molecule has 2 aromatic carbocycles. The van der Waals surface area contributed by atoms with Crippen LogP contribution in [-0.2, 0) is 25.7 Å². The van der Waals surface area contributed by atoms with Gasteiger partial charge in [0.2, 0.25) is 5.91 Å². The number of amidine groups is 1. The van der Waals surface area contributed by atoms with E-state index in [4.69, 9.17) is 23.9 Å². The molecule has 0 radical (unpaired) electrons. The fraction of sp³-hybridized carbons (Fsp3) is 0.321. The Morgan fingerprint density at radius 3 is 2.42 bits per heavy atom. The summed E-state index contributed by atoms with van der Waals surface area (Å²) in [6, 6.07) is 14.4. The van der Waals surface area contributed by atoms with Crippen LogP contribution in [0.15, 0.2) is 75.9 Å². The van der Waals surface area contributed by atoms with Gasteiger partial charge in [-0.15, -0.1) is 0 Å². The third-order valence-corrected chi connectivity index (χ3v) is 6.98. The van der Waals surface area contributed by atoms with Gasteiger partial charge in [0, 0.05) is 25.4 Å². The SMILES string of the molecule is COCCNC(=O)CC1=CSC2=NC(C)=C(C(=O)OCc3ccccc3)C(c3cc(OC)cc(OC)c3)N12. The summed E-state index contributed by atoms with van der Waals surface area (Å²) in [7, 11) is 4.73. The molecule has 0 bridgehead atoms. The molecule has 9 nitrogen and oxygen atoms in total. The molecule has 1 amide bonds. The van der Waals surface area contributed by atoms with Gasteiger partial charge in [-0.2, -0.15) is 0 Å². The van der Waals surface area contributed by atoms with Crippen molar-refractivity contribution >= 4 is 28.8 Å². The van der Waals surface area contributed by atoms with Crippen molar-refractivity contribution < 1.29 is 28.5 Å². The first kappa shape index (κ1) is 27.3. The molecule has 2 aliphatic heterocycles. The van der Waals surface area contributed by atoms with Crippen LogP contribution in [0.1, 0.15) is 30.5 Å². The van der Waals surface area contributed by atoms with Crippen molar-refractivity contribution in [3.05, 3.63) is 82.0 Å². The molecule has 2 aromatic rings. The van der Waals surface area contributed by atoms with Crippen molar-refractivity contribution in [1.82, 2.24) is 10.2 Å². The lowest BCUT2D eigenvalue weighted by Gasteiger charge is -2.36. The summed E-state index contributed by atoms with van der Waals surface area (Å²) in [5.74, 6) is 0.513. The maximum absolute atomic E-state index is 13.6.